The van der Waals surface area contributed by atoms with Crippen molar-refractivity contribution in [3.8, 4) is 0 Å². The van der Waals surface area contributed by atoms with Gasteiger partial charge in [0.15, 0.2) is 0 Å². The minimum atomic E-state index is -0.318. The molecule has 0 amide bonds. The van der Waals surface area contributed by atoms with Gasteiger partial charge in [0.25, 0.3) is 0 Å². The molecule has 19 heavy (non-hydrogen) atoms. The summed E-state index contributed by atoms with van der Waals surface area (Å²) in [6, 6.07) is 11.2. The lowest BCUT2D eigenvalue weighted by Gasteiger charge is -2.20. The lowest BCUT2D eigenvalue weighted by molar-refractivity contribution is 0.617. The number of nitrogens with zero attached hydrogens (tertiary/aromatic N) is 1. The molecule has 2 rings (SSSR count). The van der Waals surface area contributed by atoms with Crippen molar-refractivity contribution < 1.29 is 8.78 Å². The summed E-state index contributed by atoms with van der Waals surface area (Å²) in [4.78, 5) is 1.74. The monoisotopic (exact) mass is 262 g/mol. The second-order valence-electron chi connectivity index (χ2n) is 4.48. The Kier molecular flexibility index (Phi) is 4.12. The van der Waals surface area contributed by atoms with E-state index in [2.05, 4.69) is 0 Å². The number of anilines is 1. The maximum absolute atomic E-state index is 13.9. The molecule has 0 aromatic heterocycles. The lowest BCUT2D eigenvalue weighted by Crippen LogP contribution is -2.18. The Labute approximate surface area is 111 Å². The van der Waals surface area contributed by atoms with Gasteiger partial charge in [-0.15, -0.1) is 0 Å². The molecule has 0 unspecified atom stereocenters. The Morgan fingerprint density at radius 2 is 1.84 bits per heavy atom. The van der Waals surface area contributed by atoms with Crippen LogP contribution in [0.25, 0.3) is 0 Å². The highest BCUT2D eigenvalue weighted by atomic mass is 19.1. The molecule has 2 aromatic rings. The Bertz CT molecular complexity index is 570. The number of hydrogen-bond donors (Lipinski definition) is 1. The highest BCUT2D eigenvalue weighted by molar-refractivity contribution is 5.49. The molecular formula is C15H16F2N2. The normalized spacial score (nSPS) is 10.5. The van der Waals surface area contributed by atoms with Gasteiger partial charge in [-0.05, 0) is 35.4 Å². The van der Waals surface area contributed by atoms with Crippen molar-refractivity contribution in [1.82, 2.24) is 0 Å². The lowest BCUT2D eigenvalue weighted by atomic mass is 10.1. The predicted octanol–water partition coefficient (Wildman–Crippen LogP) is 3.06. The van der Waals surface area contributed by atoms with Crippen LogP contribution in [-0.2, 0) is 13.1 Å². The van der Waals surface area contributed by atoms with Gasteiger partial charge in [0, 0.05) is 20.1 Å². The topological polar surface area (TPSA) is 29.3 Å². The molecule has 0 aliphatic heterocycles. The van der Waals surface area contributed by atoms with Crippen molar-refractivity contribution in [2.45, 2.75) is 13.1 Å². The van der Waals surface area contributed by atoms with E-state index in [1.807, 2.05) is 6.07 Å². The number of rotatable bonds is 4. The minimum Gasteiger partial charge on any atom is -0.368 e. The molecule has 0 saturated carbocycles. The summed E-state index contributed by atoms with van der Waals surface area (Å²) in [6.45, 7) is 0.751. The zero-order valence-electron chi connectivity index (χ0n) is 10.7. The van der Waals surface area contributed by atoms with E-state index in [1.165, 1.54) is 18.2 Å². The van der Waals surface area contributed by atoms with Crippen molar-refractivity contribution in [3.63, 3.8) is 0 Å². The standard InChI is InChI=1S/C15H16F2N2/c1-19(10-12-3-2-4-13(16)7-12)15-6-5-11(9-18)8-14(15)17/h2-8H,9-10,18H2,1H3. The fraction of sp³-hybridized carbons (Fsp3) is 0.200. The summed E-state index contributed by atoms with van der Waals surface area (Å²) in [5.41, 5.74) is 7.48. The molecule has 2 aromatic carbocycles. The van der Waals surface area contributed by atoms with E-state index in [4.69, 9.17) is 5.73 Å². The molecule has 0 bridgehead atoms. The van der Waals surface area contributed by atoms with E-state index in [1.54, 1.807) is 30.1 Å². The van der Waals surface area contributed by atoms with E-state index in [0.717, 1.165) is 11.1 Å². The first-order valence-electron chi connectivity index (χ1n) is 6.04. The smallest absolute Gasteiger partial charge is 0.146 e. The summed E-state index contributed by atoms with van der Waals surface area (Å²) >= 11 is 0. The van der Waals surface area contributed by atoms with Crippen molar-refractivity contribution >= 4 is 5.69 Å². The fourth-order valence-electron chi connectivity index (χ4n) is 1.98. The molecule has 0 heterocycles. The van der Waals surface area contributed by atoms with Crippen LogP contribution >= 0.6 is 0 Å². The number of nitrogens with two attached hydrogens (primary N) is 1. The Morgan fingerprint density at radius 1 is 1.05 bits per heavy atom. The zero-order chi connectivity index (χ0) is 13.8. The van der Waals surface area contributed by atoms with E-state index in [-0.39, 0.29) is 11.6 Å². The van der Waals surface area contributed by atoms with E-state index < -0.39 is 0 Å². The summed E-state index contributed by atoms with van der Waals surface area (Å²) in [7, 11) is 1.77. The molecule has 0 radical (unpaired) electrons. The average molecular weight is 262 g/mol. The largest absolute Gasteiger partial charge is 0.368 e. The van der Waals surface area contributed by atoms with Gasteiger partial charge in [-0.2, -0.15) is 0 Å². The van der Waals surface area contributed by atoms with Gasteiger partial charge in [-0.1, -0.05) is 18.2 Å². The van der Waals surface area contributed by atoms with Gasteiger partial charge in [0.2, 0.25) is 0 Å². The van der Waals surface area contributed by atoms with Crippen LogP contribution in [0, 0.1) is 11.6 Å². The third-order valence-electron chi connectivity index (χ3n) is 2.97. The Balaban J connectivity index is 2.18. The molecule has 0 aliphatic rings. The SMILES string of the molecule is CN(Cc1cccc(F)c1)c1ccc(CN)cc1F. The zero-order valence-corrected chi connectivity index (χ0v) is 10.7. The summed E-state index contributed by atoms with van der Waals surface area (Å²) < 4.78 is 27.0. The van der Waals surface area contributed by atoms with Crippen molar-refractivity contribution in [2.75, 3.05) is 11.9 Å². The molecule has 100 valence electrons. The van der Waals surface area contributed by atoms with Crippen LogP contribution in [0.3, 0.4) is 0 Å². The van der Waals surface area contributed by atoms with Gasteiger partial charge in [0.1, 0.15) is 11.6 Å². The van der Waals surface area contributed by atoms with E-state index in [9.17, 15) is 8.78 Å². The molecule has 2 nitrogen and oxygen atoms in total. The van der Waals surface area contributed by atoms with Crippen LogP contribution in [0.4, 0.5) is 14.5 Å². The second-order valence-corrected chi connectivity index (χ2v) is 4.48. The predicted molar refractivity (Wildman–Crippen MR) is 72.8 cm³/mol. The van der Waals surface area contributed by atoms with Crippen molar-refractivity contribution in [3.05, 3.63) is 65.2 Å². The van der Waals surface area contributed by atoms with Gasteiger partial charge in [-0.3, -0.25) is 0 Å². The van der Waals surface area contributed by atoms with Crippen LogP contribution < -0.4 is 10.6 Å². The molecule has 0 saturated heterocycles. The van der Waals surface area contributed by atoms with Crippen molar-refractivity contribution in [1.29, 1.82) is 0 Å². The van der Waals surface area contributed by atoms with Crippen molar-refractivity contribution in [2.24, 2.45) is 5.73 Å². The quantitative estimate of drug-likeness (QED) is 0.917. The van der Waals surface area contributed by atoms with Gasteiger partial charge in [-0.25, -0.2) is 8.78 Å². The number of halogens is 2. The molecule has 0 atom stereocenters. The molecule has 0 aliphatic carbocycles. The maximum Gasteiger partial charge on any atom is 0.146 e. The first-order chi connectivity index (χ1) is 9.10. The van der Waals surface area contributed by atoms with Crippen LogP contribution in [0.2, 0.25) is 0 Å². The second kappa shape index (κ2) is 5.80. The third-order valence-corrected chi connectivity index (χ3v) is 2.97. The first kappa shape index (κ1) is 13.5. The first-order valence-corrected chi connectivity index (χ1v) is 6.04. The summed E-state index contributed by atoms with van der Waals surface area (Å²) in [5, 5.41) is 0. The number of hydrogen-bond acceptors (Lipinski definition) is 2. The molecular weight excluding hydrogens is 246 g/mol. The van der Waals surface area contributed by atoms with Crippen LogP contribution in [0.15, 0.2) is 42.5 Å². The Hall–Kier alpha value is -1.94. The maximum atomic E-state index is 13.9. The molecule has 2 N–H and O–H groups in total. The highest BCUT2D eigenvalue weighted by Crippen LogP contribution is 2.21. The fourth-order valence-corrected chi connectivity index (χ4v) is 1.98. The van der Waals surface area contributed by atoms with Gasteiger partial charge >= 0.3 is 0 Å². The molecule has 0 fully saturated rings. The van der Waals surface area contributed by atoms with E-state index in [0.29, 0.717) is 18.8 Å². The van der Waals surface area contributed by atoms with Crippen LogP contribution in [0.1, 0.15) is 11.1 Å². The third kappa shape index (κ3) is 3.29. The molecule has 0 spiro atoms. The van der Waals surface area contributed by atoms with Crippen LogP contribution in [0.5, 0.6) is 0 Å². The number of benzene rings is 2. The summed E-state index contributed by atoms with van der Waals surface area (Å²) in [5.74, 6) is -0.605. The summed E-state index contributed by atoms with van der Waals surface area (Å²) in [6.07, 6.45) is 0. The Morgan fingerprint density at radius 3 is 2.47 bits per heavy atom. The van der Waals surface area contributed by atoms with Gasteiger partial charge in [0.05, 0.1) is 5.69 Å². The highest BCUT2D eigenvalue weighted by Gasteiger charge is 2.09. The van der Waals surface area contributed by atoms with Crippen LogP contribution in [-0.4, -0.2) is 7.05 Å². The average Bonchev–Trinajstić information content (AvgIpc) is 2.38. The minimum absolute atomic E-state index is 0.287. The van der Waals surface area contributed by atoms with Gasteiger partial charge < -0.3 is 10.6 Å². The molecule has 4 heteroatoms. The van der Waals surface area contributed by atoms with E-state index >= 15 is 0 Å².